The van der Waals surface area contributed by atoms with Crippen LogP contribution in [0.5, 0.6) is 0 Å². The molecular weight excluding hydrogens is 222 g/mol. The van der Waals surface area contributed by atoms with Crippen LogP contribution in [0.15, 0.2) is 18.2 Å². The highest BCUT2D eigenvalue weighted by Crippen LogP contribution is 2.24. The summed E-state index contributed by atoms with van der Waals surface area (Å²) >= 11 is 0. The van der Waals surface area contributed by atoms with Gasteiger partial charge < -0.3 is 5.32 Å². The summed E-state index contributed by atoms with van der Waals surface area (Å²) < 4.78 is 0. The molecule has 0 unspecified atom stereocenters. The molecule has 0 aliphatic heterocycles. The Balaban J connectivity index is 1.89. The molecule has 0 radical (unpaired) electrons. The number of nitrogens with one attached hydrogen (secondary N) is 1. The van der Waals surface area contributed by atoms with Gasteiger partial charge in [0.05, 0.1) is 11.4 Å². The van der Waals surface area contributed by atoms with Gasteiger partial charge in [-0.05, 0) is 32.0 Å². The number of nitrogens with zero attached hydrogens (tertiary/aromatic N) is 2. The molecule has 100 valence electrons. The molecule has 0 bridgehead atoms. The van der Waals surface area contributed by atoms with Gasteiger partial charge in [-0.25, -0.2) is 0 Å². The van der Waals surface area contributed by atoms with Gasteiger partial charge in [0.15, 0.2) is 0 Å². The molecule has 1 aromatic heterocycles. The summed E-state index contributed by atoms with van der Waals surface area (Å²) in [6.07, 6.45) is 4.09. The predicted octanol–water partition coefficient (Wildman–Crippen LogP) is 2.56. The van der Waals surface area contributed by atoms with Crippen molar-refractivity contribution >= 4 is 0 Å². The largest absolute Gasteiger partial charge is 0.309 e. The van der Waals surface area contributed by atoms with Crippen molar-refractivity contribution in [1.82, 2.24) is 15.2 Å². The maximum atomic E-state index is 4.72. The van der Waals surface area contributed by atoms with Crippen LogP contribution in [0, 0.1) is 0 Å². The van der Waals surface area contributed by atoms with Gasteiger partial charge in [-0.2, -0.15) is 0 Å². The Kier molecular flexibility index (Phi) is 4.72. The molecule has 1 aliphatic carbocycles. The lowest BCUT2D eigenvalue weighted by atomic mass is 9.92. The minimum absolute atomic E-state index is 0.508. The van der Waals surface area contributed by atoms with Crippen molar-refractivity contribution in [2.24, 2.45) is 0 Å². The summed E-state index contributed by atoms with van der Waals surface area (Å²) in [5, 5.41) is 3.41. The Hall–Kier alpha value is -0.930. The molecule has 3 nitrogen and oxygen atoms in total. The molecule has 0 aromatic carbocycles. The van der Waals surface area contributed by atoms with Gasteiger partial charge in [0.2, 0.25) is 0 Å². The number of hydrogen-bond donors (Lipinski definition) is 1. The average Bonchev–Trinajstić information content (AvgIpc) is 2.24. The van der Waals surface area contributed by atoms with Crippen molar-refractivity contribution in [1.29, 1.82) is 0 Å². The second-order valence-corrected chi connectivity index (χ2v) is 5.66. The van der Waals surface area contributed by atoms with Crippen LogP contribution in [-0.2, 0) is 13.1 Å². The van der Waals surface area contributed by atoms with Crippen LogP contribution >= 0.6 is 0 Å². The molecule has 1 aromatic rings. The number of aromatic nitrogens is 1. The van der Waals surface area contributed by atoms with Crippen LogP contribution in [0.3, 0.4) is 0 Å². The minimum Gasteiger partial charge on any atom is -0.309 e. The van der Waals surface area contributed by atoms with E-state index in [1.165, 1.54) is 25.0 Å². The van der Waals surface area contributed by atoms with Crippen molar-refractivity contribution in [2.75, 3.05) is 7.05 Å². The van der Waals surface area contributed by atoms with Gasteiger partial charge in [0.25, 0.3) is 0 Å². The third-order valence-electron chi connectivity index (χ3n) is 3.67. The standard InChI is InChI=1S/C15H25N3/c1-12(2)16-10-13-6-4-7-14(17-13)11-18(3)15-8-5-9-15/h4,6-7,12,15-16H,5,8-11H2,1-3H3. The fourth-order valence-electron chi connectivity index (χ4n) is 2.24. The number of rotatable bonds is 6. The maximum Gasteiger partial charge on any atom is 0.0547 e. The molecule has 2 rings (SSSR count). The van der Waals surface area contributed by atoms with Crippen molar-refractivity contribution in [3.05, 3.63) is 29.6 Å². The summed E-state index contributed by atoms with van der Waals surface area (Å²) in [5.41, 5.74) is 2.33. The molecular formula is C15H25N3. The first-order valence-electron chi connectivity index (χ1n) is 7.03. The smallest absolute Gasteiger partial charge is 0.0547 e. The van der Waals surface area contributed by atoms with Crippen LogP contribution in [-0.4, -0.2) is 29.0 Å². The van der Waals surface area contributed by atoms with E-state index in [0.717, 1.165) is 24.8 Å². The molecule has 3 heteroatoms. The topological polar surface area (TPSA) is 28.2 Å². The third-order valence-corrected chi connectivity index (χ3v) is 3.67. The Bertz CT molecular complexity index is 372. The second-order valence-electron chi connectivity index (χ2n) is 5.66. The normalized spacial score (nSPS) is 16.3. The number of hydrogen-bond acceptors (Lipinski definition) is 3. The first kappa shape index (κ1) is 13.5. The van der Waals surface area contributed by atoms with Crippen LogP contribution in [0.2, 0.25) is 0 Å². The lowest BCUT2D eigenvalue weighted by Gasteiger charge is -2.34. The van der Waals surface area contributed by atoms with Crippen LogP contribution < -0.4 is 5.32 Å². The quantitative estimate of drug-likeness (QED) is 0.837. The van der Waals surface area contributed by atoms with Crippen LogP contribution in [0.25, 0.3) is 0 Å². The van der Waals surface area contributed by atoms with E-state index in [1.54, 1.807) is 0 Å². The fraction of sp³-hybridized carbons (Fsp3) is 0.667. The minimum atomic E-state index is 0.508. The van der Waals surface area contributed by atoms with Gasteiger partial charge in [0.1, 0.15) is 0 Å². The zero-order chi connectivity index (χ0) is 13.0. The molecule has 18 heavy (non-hydrogen) atoms. The van der Waals surface area contributed by atoms with Gasteiger partial charge >= 0.3 is 0 Å². The van der Waals surface area contributed by atoms with E-state index < -0.39 is 0 Å². The lowest BCUT2D eigenvalue weighted by Crippen LogP contribution is -2.36. The molecule has 1 N–H and O–H groups in total. The molecule has 1 saturated carbocycles. The fourth-order valence-corrected chi connectivity index (χ4v) is 2.24. The van der Waals surface area contributed by atoms with E-state index >= 15 is 0 Å². The highest BCUT2D eigenvalue weighted by Gasteiger charge is 2.21. The van der Waals surface area contributed by atoms with Gasteiger partial charge in [0, 0.05) is 25.2 Å². The molecule has 1 aliphatic rings. The van der Waals surface area contributed by atoms with E-state index in [0.29, 0.717) is 6.04 Å². The van der Waals surface area contributed by atoms with Crippen molar-refractivity contribution in [2.45, 2.75) is 58.3 Å². The summed E-state index contributed by atoms with van der Waals surface area (Å²) in [7, 11) is 2.21. The molecule has 0 saturated heterocycles. The summed E-state index contributed by atoms with van der Waals surface area (Å²) in [5.74, 6) is 0. The predicted molar refractivity (Wildman–Crippen MR) is 75.3 cm³/mol. The van der Waals surface area contributed by atoms with Crippen molar-refractivity contribution in [3.63, 3.8) is 0 Å². The molecule has 0 spiro atoms. The first-order chi connectivity index (χ1) is 8.65. The molecule has 0 amide bonds. The first-order valence-corrected chi connectivity index (χ1v) is 7.03. The molecule has 1 fully saturated rings. The van der Waals surface area contributed by atoms with Crippen molar-refractivity contribution in [3.8, 4) is 0 Å². The number of pyridine rings is 1. The second kappa shape index (κ2) is 6.30. The SMILES string of the molecule is CC(C)NCc1cccc(CN(C)C2CCC2)n1. The van der Waals surface area contributed by atoms with Crippen molar-refractivity contribution < 1.29 is 0 Å². The Labute approximate surface area is 111 Å². The zero-order valence-electron chi connectivity index (χ0n) is 11.8. The highest BCUT2D eigenvalue weighted by atomic mass is 15.1. The van der Waals surface area contributed by atoms with Gasteiger partial charge in [-0.3, -0.25) is 9.88 Å². The van der Waals surface area contributed by atoms with E-state index in [2.05, 4.69) is 49.3 Å². The monoisotopic (exact) mass is 247 g/mol. The van der Waals surface area contributed by atoms with E-state index in [9.17, 15) is 0 Å². The van der Waals surface area contributed by atoms with Gasteiger partial charge in [-0.15, -0.1) is 0 Å². The van der Waals surface area contributed by atoms with E-state index in [1.807, 2.05) is 0 Å². The highest BCUT2D eigenvalue weighted by molar-refractivity contribution is 5.11. The summed E-state index contributed by atoms with van der Waals surface area (Å²) in [6.45, 7) is 6.15. The summed E-state index contributed by atoms with van der Waals surface area (Å²) in [6, 6.07) is 7.64. The Morgan fingerprint density at radius 3 is 2.67 bits per heavy atom. The van der Waals surface area contributed by atoms with Gasteiger partial charge in [-0.1, -0.05) is 26.3 Å². The summed E-state index contributed by atoms with van der Waals surface area (Å²) in [4.78, 5) is 7.16. The maximum absolute atomic E-state index is 4.72. The average molecular weight is 247 g/mol. The van der Waals surface area contributed by atoms with E-state index in [4.69, 9.17) is 4.98 Å². The Morgan fingerprint density at radius 2 is 2.06 bits per heavy atom. The molecule has 0 atom stereocenters. The zero-order valence-corrected chi connectivity index (χ0v) is 11.8. The van der Waals surface area contributed by atoms with Crippen LogP contribution in [0.1, 0.15) is 44.5 Å². The Morgan fingerprint density at radius 1 is 1.33 bits per heavy atom. The van der Waals surface area contributed by atoms with Crippen LogP contribution in [0.4, 0.5) is 0 Å². The lowest BCUT2D eigenvalue weighted by molar-refractivity contribution is 0.151. The molecule has 1 heterocycles. The third kappa shape index (κ3) is 3.79. The van der Waals surface area contributed by atoms with E-state index in [-0.39, 0.29) is 0 Å².